The number of benzene rings is 2. The number of nitrogens with one attached hydrogen (secondary N) is 1. The van der Waals surface area contributed by atoms with Crippen molar-refractivity contribution in [3.05, 3.63) is 64.4 Å². The molecule has 29 heavy (non-hydrogen) atoms. The van der Waals surface area contributed by atoms with Gasteiger partial charge in [-0.15, -0.1) is 0 Å². The molecule has 1 heterocycles. The fourth-order valence-corrected chi connectivity index (χ4v) is 2.90. The number of aliphatic hydroxyl groups excluding tert-OH is 1. The molecule has 1 atom stereocenters. The monoisotopic (exact) mass is 418 g/mol. The first kappa shape index (κ1) is 22.4. The normalized spacial score (nSPS) is 11.3. The lowest BCUT2D eigenvalue weighted by Crippen LogP contribution is -2.38. The van der Waals surface area contributed by atoms with Crippen molar-refractivity contribution in [1.82, 2.24) is 5.32 Å². The first-order chi connectivity index (χ1) is 14.0. The highest BCUT2D eigenvalue weighted by molar-refractivity contribution is 6.31. The fourth-order valence-electron chi connectivity index (χ4n) is 2.71. The lowest BCUT2D eigenvalue weighted by Gasteiger charge is -2.10. The maximum absolute atomic E-state index is 12.5. The Bertz CT molecular complexity index is 986. The molecule has 1 unspecified atom stereocenters. The number of fused-ring (bicyclic) bond motifs is 1. The third kappa shape index (κ3) is 5.35. The standard InChI is InChI=1S/C20H18ClNO5.CH5N/c1-12-19(20(25)22-14(9-23)10-24)16-8-15(6-7-18(16)27-12)26-11-13-4-2-3-5-17(13)21;1-2/h2-9,14,24H,10-11H2,1H3,(H,22,25);2H2,1H3. The van der Waals surface area contributed by atoms with Crippen LogP contribution in [0, 0.1) is 6.92 Å². The molecule has 0 bridgehead atoms. The van der Waals surface area contributed by atoms with E-state index in [-0.39, 0.29) is 6.61 Å². The molecule has 1 amide bonds. The molecule has 0 aliphatic heterocycles. The van der Waals surface area contributed by atoms with Crippen LogP contribution < -0.4 is 15.8 Å². The molecule has 0 radical (unpaired) electrons. The summed E-state index contributed by atoms with van der Waals surface area (Å²) in [7, 11) is 1.50. The van der Waals surface area contributed by atoms with E-state index in [1.165, 1.54) is 7.05 Å². The fraction of sp³-hybridized carbons (Fsp3) is 0.238. The molecule has 154 valence electrons. The second kappa shape index (κ2) is 10.6. The Labute approximate surface area is 173 Å². The summed E-state index contributed by atoms with van der Waals surface area (Å²) < 4.78 is 11.4. The van der Waals surface area contributed by atoms with Gasteiger partial charge in [-0.2, -0.15) is 0 Å². The van der Waals surface area contributed by atoms with Crippen LogP contribution in [0.3, 0.4) is 0 Å². The van der Waals surface area contributed by atoms with Gasteiger partial charge in [0.15, 0.2) is 0 Å². The van der Waals surface area contributed by atoms with Gasteiger partial charge in [0.2, 0.25) is 0 Å². The van der Waals surface area contributed by atoms with Gasteiger partial charge in [0.25, 0.3) is 5.91 Å². The minimum Gasteiger partial charge on any atom is -0.489 e. The van der Waals surface area contributed by atoms with E-state index >= 15 is 0 Å². The van der Waals surface area contributed by atoms with Gasteiger partial charge in [-0.3, -0.25) is 4.79 Å². The Hall–Kier alpha value is -2.87. The van der Waals surface area contributed by atoms with Gasteiger partial charge in [0.1, 0.15) is 36.0 Å². The van der Waals surface area contributed by atoms with Gasteiger partial charge in [-0.05, 0) is 38.2 Å². The summed E-state index contributed by atoms with van der Waals surface area (Å²) in [6.07, 6.45) is 0.480. The Balaban J connectivity index is 0.00000145. The van der Waals surface area contributed by atoms with E-state index in [0.717, 1.165) is 5.56 Å². The van der Waals surface area contributed by atoms with Crippen LogP contribution in [-0.4, -0.2) is 37.0 Å². The molecular formula is C21H23ClN2O5. The van der Waals surface area contributed by atoms with E-state index < -0.39 is 18.6 Å². The van der Waals surface area contributed by atoms with Gasteiger partial charge in [-0.1, -0.05) is 29.8 Å². The maximum Gasteiger partial charge on any atom is 0.256 e. The molecule has 4 N–H and O–H groups in total. The number of amides is 1. The van der Waals surface area contributed by atoms with Gasteiger partial charge in [0.05, 0.1) is 12.2 Å². The number of ether oxygens (including phenoxy) is 1. The highest BCUT2D eigenvalue weighted by Gasteiger charge is 2.21. The van der Waals surface area contributed by atoms with Crippen molar-refractivity contribution in [2.75, 3.05) is 13.7 Å². The first-order valence-corrected chi connectivity index (χ1v) is 9.25. The van der Waals surface area contributed by atoms with Crippen molar-refractivity contribution in [1.29, 1.82) is 0 Å². The van der Waals surface area contributed by atoms with E-state index in [9.17, 15) is 9.59 Å². The zero-order valence-electron chi connectivity index (χ0n) is 16.1. The van der Waals surface area contributed by atoms with Crippen LogP contribution in [0.4, 0.5) is 0 Å². The van der Waals surface area contributed by atoms with E-state index in [2.05, 4.69) is 11.1 Å². The van der Waals surface area contributed by atoms with Crippen molar-refractivity contribution in [2.45, 2.75) is 19.6 Å². The van der Waals surface area contributed by atoms with E-state index in [1.807, 2.05) is 18.2 Å². The van der Waals surface area contributed by atoms with Crippen LogP contribution in [0.2, 0.25) is 5.02 Å². The van der Waals surface area contributed by atoms with Gasteiger partial charge < -0.3 is 30.1 Å². The number of furan rings is 1. The zero-order chi connectivity index (χ0) is 21.4. The average molecular weight is 419 g/mol. The number of aliphatic hydroxyl groups is 1. The van der Waals surface area contributed by atoms with Crippen molar-refractivity contribution < 1.29 is 23.8 Å². The molecule has 0 aliphatic carbocycles. The number of hydrogen-bond donors (Lipinski definition) is 3. The number of carbonyl (C=O) groups excluding carboxylic acids is 2. The molecular weight excluding hydrogens is 396 g/mol. The quantitative estimate of drug-likeness (QED) is 0.508. The summed E-state index contributed by atoms with van der Waals surface area (Å²) >= 11 is 6.13. The highest BCUT2D eigenvalue weighted by Crippen LogP contribution is 2.30. The number of rotatable bonds is 7. The summed E-state index contributed by atoms with van der Waals surface area (Å²) in [6, 6.07) is 11.6. The predicted octanol–water partition coefficient (Wildman–Crippen LogP) is 2.84. The second-order valence-corrected chi connectivity index (χ2v) is 6.38. The number of aryl methyl sites for hydroxylation is 1. The molecule has 8 heteroatoms. The third-order valence-electron chi connectivity index (χ3n) is 4.09. The summed E-state index contributed by atoms with van der Waals surface area (Å²) in [4.78, 5) is 23.4. The molecule has 3 aromatic rings. The first-order valence-electron chi connectivity index (χ1n) is 8.87. The van der Waals surface area contributed by atoms with Crippen LogP contribution in [-0.2, 0) is 11.4 Å². The number of carbonyl (C=O) groups is 2. The zero-order valence-corrected chi connectivity index (χ0v) is 16.9. The molecule has 0 saturated heterocycles. The molecule has 3 rings (SSSR count). The van der Waals surface area contributed by atoms with E-state index in [1.54, 1.807) is 31.2 Å². The molecule has 2 aromatic carbocycles. The average Bonchev–Trinajstić information content (AvgIpc) is 3.07. The molecule has 0 spiro atoms. The van der Waals surface area contributed by atoms with Crippen molar-refractivity contribution in [3.8, 4) is 5.75 Å². The predicted molar refractivity (Wildman–Crippen MR) is 111 cm³/mol. The van der Waals surface area contributed by atoms with Gasteiger partial charge in [0, 0.05) is 16.0 Å². The lowest BCUT2D eigenvalue weighted by molar-refractivity contribution is -0.110. The smallest absolute Gasteiger partial charge is 0.256 e. The van der Waals surface area contributed by atoms with Gasteiger partial charge in [-0.25, -0.2) is 0 Å². The minimum atomic E-state index is -0.971. The molecule has 7 nitrogen and oxygen atoms in total. The van der Waals surface area contributed by atoms with Crippen LogP contribution in [0.1, 0.15) is 21.7 Å². The topological polar surface area (TPSA) is 115 Å². The summed E-state index contributed by atoms with van der Waals surface area (Å²) in [6.45, 7) is 1.46. The number of halogens is 1. The molecule has 0 fully saturated rings. The van der Waals surface area contributed by atoms with Crippen molar-refractivity contribution >= 4 is 34.8 Å². The van der Waals surface area contributed by atoms with Crippen molar-refractivity contribution in [3.63, 3.8) is 0 Å². The van der Waals surface area contributed by atoms with Crippen molar-refractivity contribution in [2.24, 2.45) is 5.73 Å². The van der Waals surface area contributed by atoms with Crippen LogP contribution in [0.25, 0.3) is 11.0 Å². The largest absolute Gasteiger partial charge is 0.489 e. The Kier molecular flexibility index (Phi) is 8.21. The number of hydrogen-bond acceptors (Lipinski definition) is 6. The van der Waals surface area contributed by atoms with Gasteiger partial charge >= 0.3 is 0 Å². The summed E-state index contributed by atoms with van der Waals surface area (Å²) in [5, 5.41) is 12.7. The Morgan fingerprint density at radius 3 is 2.69 bits per heavy atom. The maximum atomic E-state index is 12.5. The molecule has 0 aliphatic rings. The Morgan fingerprint density at radius 2 is 2.03 bits per heavy atom. The van der Waals surface area contributed by atoms with E-state index in [0.29, 0.717) is 39.4 Å². The molecule has 0 saturated carbocycles. The third-order valence-corrected chi connectivity index (χ3v) is 4.46. The SMILES string of the molecule is CN.Cc1oc2ccc(OCc3ccccc3Cl)cc2c1C(=O)NC(C=O)CO. The lowest BCUT2D eigenvalue weighted by atomic mass is 10.1. The molecule has 1 aromatic heterocycles. The summed E-state index contributed by atoms with van der Waals surface area (Å²) in [5.41, 5.74) is 6.17. The number of aldehydes is 1. The number of nitrogens with two attached hydrogens (primary N) is 1. The van der Waals surface area contributed by atoms with Crippen LogP contribution in [0.15, 0.2) is 46.9 Å². The van der Waals surface area contributed by atoms with Crippen LogP contribution >= 0.6 is 11.6 Å². The Morgan fingerprint density at radius 1 is 1.31 bits per heavy atom. The van der Waals surface area contributed by atoms with E-state index in [4.69, 9.17) is 25.9 Å². The minimum absolute atomic E-state index is 0.279. The highest BCUT2D eigenvalue weighted by atomic mass is 35.5. The summed E-state index contributed by atoms with van der Waals surface area (Å²) in [5.74, 6) is 0.459. The second-order valence-electron chi connectivity index (χ2n) is 5.97. The van der Waals surface area contributed by atoms with Crippen LogP contribution in [0.5, 0.6) is 5.75 Å².